The van der Waals surface area contributed by atoms with Crippen molar-refractivity contribution in [1.29, 1.82) is 0 Å². The Balaban J connectivity index is 0.00000261. The molecule has 0 spiro atoms. The number of carbonyl (C=O) groups excluding carboxylic acids is 1. The molecule has 0 atom stereocenters. The van der Waals surface area contributed by atoms with Crippen molar-refractivity contribution in [3.8, 4) is 0 Å². The fourth-order valence-corrected chi connectivity index (χ4v) is 4.05. The van der Waals surface area contributed by atoms with Crippen LogP contribution < -0.4 is 10.6 Å². The zero-order valence-corrected chi connectivity index (χ0v) is 16.9. The molecule has 1 amide bonds. The number of aryl methyl sites for hydroxylation is 1. The molecule has 1 saturated heterocycles. The van der Waals surface area contributed by atoms with Crippen molar-refractivity contribution in [3.63, 3.8) is 0 Å². The Morgan fingerprint density at radius 2 is 1.81 bits per heavy atom. The Morgan fingerprint density at radius 3 is 2.48 bits per heavy atom. The van der Waals surface area contributed by atoms with Gasteiger partial charge in [-0.3, -0.25) is 9.69 Å². The predicted molar refractivity (Wildman–Crippen MR) is 107 cm³/mol. The molecule has 9 heteroatoms. The van der Waals surface area contributed by atoms with Crippen LogP contribution in [-0.4, -0.2) is 62.5 Å². The van der Waals surface area contributed by atoms with E-state index >= 15 is 0 Å². The lowest BCUT2D eigenvalue weighted by Crippen LogP contribution is -2.46. The van der Waals surface area contributed by atoms with Gasteiger partial charge in [0, 0.05) is 51.7 Å². The molecule has 0 unspecified atom stereocenters. The number of aromatic nitrogens is 1. The van der Waals surface area contributed by atoms with Crippen LogP contribution in [0.1, 0.15) is 15.9 Å². The van der Waals surface area contributed by atoms with E-state index in [0.717, 1.165) is 42.3 Å². The molecular formula is C18H25ClN4O3S. The molecule has 3 rings (SSSR count). The number of hydrogen-bond acceptors (Lipinski definition) is 5. The van der Waals surface area contributed by atoms with Gasteiger partial charge in [0.05, 0.1) is 10.5 Å². The minimum atomic E-state index is -3.68. The summed E-state index contributed by atoms with van der Waals surface area (Å²) >= 11 is 0. The normalized spacial score (nSPS) is 15.1. The molecule has 7 nitrogen and oxygen atoms in total. The van der Waals surface area contributed by atoms with Gasteiger partial charge in [0.1, 0.15) is 0 Å². The average Bonchev–Trinajstić information content (AvgIpc) is 3.14. The second kappa shape index (κ2) is 9.36. The van der Waals surface area contributed by atoms with Crippen LogP contribution in [0.3, 0.4) is 0 Å². The van der Waals surface area contributed by atoms with Crippen molar-refractivity contribution in [1.82, 2.24) is 19.5 Å². The highest BCUT2D eigenvalue weighted by atomic mass is 35.5. The first-order valence-corrected chi connectivity index (χ1v) is 10.1. The van der Waals surface area contributed by atoms with Crippen molar-refractivity contribution in [2.75, 3.05) is 39.3 Å². The first-order chi connectivity index (χ1) is 12.5. The van der Waals surface area contributed by atoms with Gasteiger partial charge in [0.15, 0.2) is 0 Å². The molecule has 2 N–H and O–H groups in total. The molecule has 2 heterocycles. The van der Waals surface area contributed by atoms with Crippen LogP contribution in [0.25, 0.3) is 0 Å². The highest BCUT2D eigenvalue weighted by molar-refractivity contribution is 7.90. The Kier molecular flexibility index (Phi) is 7.43. The van der Waals surface area contributed by atoms with Crippen LogP contribution in [0, 0.1) is 6.92 Å². The third-order valence-corrected chi connectivity index (χ3v) is 6.10. The van der Waals surface area contributed by atoms with E-state index in [0.29, 0.717) is 12.1 Å². The van der Waals surface area contributed by atoms with E-state index in [4.69, 9.17) is 0 Å². The number of nitrogens with one attached hydrogen (secondary N) is 2. The number of amides is 1. The van der Waals surface area contributed by atoms with Crippen molar-refractivity contribution < 1.29 is 13.2 Å². The van der Waals surface area contributed by atoms with Gasteiger partial charge < -0.3 is 10.6 Å². The summed E-state index contributed by atoms with van der Waals surface area (Å²) in [6, 6.07) is 8.15. The molecule has 1 aliphatic rings. The van der Waals surface area contributed by atoms with Gasteiger partial charge >= 0.3 is 0 Å². The maximum absolute atomic E-state index is 12.6. The SMILES string of the molecule is Cc1ccc(S(=O)(=O)n2ccc(C(=O)NCCN3CCNCC3)c2)cc1.Cl. The third kappa shape index (κ3) is 5.32. The minimum Gasteiger partial charge on any atom is -0.351 e. The highest BCUT2D eigenvalue weighted by Gasteiger charge is 2.18. The summed E-state index contributed by atoms with van der Waals surface area (Å²) in [7, 11) is -3.68. The van der Waals surface area contributed by atoms with E-state index in [-0.39, 0.29) is 23.2 Å². The topological polar surface area (TPSA) is 83.4 Å². The van der Waals surface area contributed by atoms with E-state index < -0.39 is 10.0 Å². The number of benzene rings is 1. The van der Waals surface area contributed by atoms with Gasteiger partial charge in [-0.25, -0.2) is 12.4 Å². The number of halogens is 1. The first-order valence-electron chi connectivity index (χ1n) is 8.68. The van der Waals surface area contributed by atoms with Gasteiger partial charge in [-0.2, -0.15) is 0 Å². The van der Waals surface area contributed by atoms with Gasteiger partial charge in [-0.1, -0.05) is 17.7 Å². The zero-order chi connectivity index (χ0) is 18.6. The van der Waals surface area contributed by atoms with E-state index in [1.165, 1.54) is 18.5 Å². The summed E-state index contributed by atoms with van der Waals surface area (Å²) in [5.41, 5.74) is 1.32. The van der Waals surface area contributed by atoms with E-state index in [9.17, 15) is 13.2 Å². The molecule has 0 bridgehead atoms. The Hall–Kier alpha value is -1.87. The molecule has 1 aromatic carbocycles. The zero-order valence-electron chi connectivity index (χ0n) is 15.2. The average molecular weight is 413 g/mol. The Morgan fingerprint density at radius 1 is 1.15 bits per heavy atom. The Labute approximate surface area is 166 Å². The fourth-order valence-electron chi connectivity index (χ4n) is 2.86. The lowest BCUT2D eigenvalue weighted by atomic mass is 10.2. The second-order valence-corrected chi connectivity index (χ2v) is 8.24. The molecule has 1 fully saturated rings. The summed E-state index contributed by atoms with van der Waals surface area (Å²) in [4.78, 5) is 14.7. The molecule has 148 valence electrons. The molecule has 2 aromatic rings. The lowest BCUT2D eigenvalue weighted by Gasteiger charge is -2.27. The molecule has 0 saturated carbocycles. The first kappa shape index (κ1) is 21.4. The van der Waals surface area contributed by atoms with Gasteiger partial charge in [-0.05, 0) is 25.1 Å². The standard InChI is InChI=1S/C18H24N4O3S.ClH/c1-15-2-4-17(5-3-15)26(24,25)22-10-6-16(14-22)18(23)20-9-13-21-11-7-19-8-12-21;/h2-6,10,14,19H,7-9,11-13H2,1H3,(H,20,23);1H. The molecule has 0 radical (unpaired) electrons. The summed E-state index contributed by atoms with van der Waals surface area (Å²) in [6.45, 7) is 7.10. The molecule has 1 aliphatic heterocycles. The van der Waals surface area contributed by atoms with Crippen molar-refractivity contribution >= 4 is 28.3 Å². The van der Waals surface area contributed by atoms with E-state index in [1.54, 1.807) is 24.3 Å². The molecule has 27 heavy (non-hydrogen) atoms. The number of nitrogens with zero attached hydrogens (tertiary/aromatic N) is 2. The summed E-state index contributed by atoms with van der Waals surface area (Å²) < 4.78 is 26.3. The van der Waals surface area contributed by atoms with Crippen molar-refractivity contribution in [2.24, 2.45) is 0 Å². The molecular weight excluding hydrogens is 388 g/mol. The predicted octanol–water partition coefficient (Wildman–Crippen LogP) is 1.09. The van der Waals surface area contributed by atoms with Crippen LogP contribution in [0.5, 0.6) is 0 Å². The van der Waals surface area contributed by atoms with Crippen LogP contribution >= 0.6 is 12.4 Å². The van der Waals surface area contributed by atoms with E-state index in [2.05, 4.69) is 15.5 Å². The number of piperazine rings is 1. The maximum atomic E-state index is 12.6. The van der Waals surface area contributed by atoms with Gasteiger partial charge in [0.2, 0.25) is 0 Å². The van der Waals surface area contributed by atoms with Crippen LogP contribution in [-0.2, 0) is 10.0 Å². The van der Waals surface area contributed by atoms with Gasteiger partial charge in [0.25, 0.3) is 15.9 Å². The smallest absolute Gasteiger partial charge is 0.267 e. The van der Waals surface area contributed by atoms with Crippen LogP contribution in [0.4, 0.5) is 0 Å². The number of hydrogen-bond donors (Lipinski definition) is 2. The molecule has 0 aliphatic carbocycles. The largest absolute Gasteiger partial charge is 0.351 e. The molecule has 1 aromatic heterocycles. The van der Waals surface area contributed by atoms with E-state index in [1.807, 2.05) is 6.92 Å². The summed E-state index contributed by atoms with van der Waals surface area (Å²) in [5.74, 6) is -0.266. The monoisotopic (exact) mass is 412 g/mol. The highest BCUT2D eigenvalue weighted by Crippen LogP contribution is 2.16. The Bertz CT molecular complexity index is 859. The van der Waals surface area contributed by atoms with Gasteiger partial charge in [-0.15, -0.1) is 12.4 Å². The minimum absolute atomic E-state index is 0. The quantitative estimate of drug-likeness (QED) is 0.742. The van der Waals surface area contributed by atoms with Crippen molar-refractivity contribution in [3.05, 3.63) is 53.9 Å². The fraction of sp³-hybridized carbons (Fsp3) is 0.389. The van der Waals surface area contributed by atoms with Crippen LogP contribution in [0.2, 0.25) is 0 Å². The number of rotatable bonds is 6. The van der Waals surface area contributed by atoms with Crippen molar-refractivity contribution in [2.45, 2.75) is 11.8 Å². The second-order valence-electron chi connectivity index (χ2n) is 6.40. The third-order valence-electron chi connectivity index (χ3n) is 4.45. The maximum Gasteiger partial charge on any atom is 0.267 e. The summed E-state index contributed by atoms with van der Waals surface area (Å²) in [6.07, 6.45) is 2.76. The summed E-state index contributed by atoms with van der Waals surface area (Å²) in [5, 5.41) is 6.13. The van der Waals surface area contributed by atoms with Crippen LogP contribution in [0.15, 0.2) is 47.6 Å². The number of carbonyl (C=O) groups is 1. The lowest BCUT2D eigenvalue weighted by molar-refractivity contribution is 0.0947.